The highest BCUT2D eigenvalue weighted by Crippen LogP contribution is 2.26. The number of nitrogens with one attached hydrogen (secondary N) is 1. The van der Waals surface area contributed by atoms with E-state index in [0.29, 0.717) is 12.1 Å². The molecular formula is C30H36BrN3O4S. The van der Waals surface area contributed by atoms with Crippen molar-refractivity contribution >= 4 is 43.5 Å². The summed E-state index contributed by atoms with van der Waals surface area (Å²) in [7, 11) is -4.09. The average molecular weight is 615 g/mol. The zero-order valence-electron chi connectivity index (χ0n) is 23.0. The maximum Gasteiger partial charge on any atom is 0.264 e. The number of aryl methyl sites for hydroxylation is 1. The molecule has 3 aromatic carbocycles. The number of halogens is 1. The Labute approximate surface area is 240 Å². The molecule has 0 fully saturated rings. The van der Waals surface area contributed by atoms with Crippen LogP contribution in [-0.4, -0.2) is 43.3 Å². The Bertz CT molecular complexity index is 1370. The van der Waals surface area contributed by atoms with Crippen LogP contribution < -0.4 is 9.62 Å². The molecule has 0 radical (unpaired) electrons. The van der Waals surface area contributed by atoms with Crippen LogP contribution in [0.15, 0.2) is 88.2 Å². The molecular weight excluding hydrogens is 578 g/mol. The summed E-state index contributed by atoms with van der Waals surface area (Å²) in [5.74, 6) is -0.763. The van der Waals surface area contributed by atoms with Crippen molar-refractivity contribution in [2.24, 2.45) is 0 Å². The maximum atomic E-state index is 14.0. The molecule has 1 atom stereocenters. The Kier molecular flexibility index (Phi) is 9.96. The van der Waals surface area contributed by atoms with Crippen LogP contribution in [0.4, 0.5) is 5.69 Å². The van der Waals surface area contributed by atoms with E-state index in [9.17, 15) is 18.0 Å². The van der Waals surface area contributed by atoms with Crippen LogP contribution in [0.1, 0.15) is 45.2 Å². The van der Waals surface area contributed by atoms with E-state index in [4.69, 9.17) is 0 Å². The van der Waals surface area contributed by atoms with Crippen LogP contribution in [0.5, 0.6) is 0 Å². The Morgan fingerprint density at radius 3 is 2.05 bits per heavy atom. The summed E-state index contributed by atoms with van der Waals surface area (Å²) in [4.78, 5) is 29.0. The van der Waals surface area contributed by atoms with Crippen LogP contribution in [-0.2, 0) is 26.2 Å². The predicted molar refractivity (Wildman–Crippen MR) is 159 cm³/mol. The first-order chi connectivity index (χ1) is 18.3. The van der Waals surface area contributed by atoms with E-state index in [1.807, 2.05) is 58.9 Å². The average Bonchev–Trinajstić information content (AvgIpc) is 2.88. The van der Waals surface area contributed by atoms with Crippen LogP contribution in [0.3, 0.4) is 0 Å². The number of sulfonamides is 1. The second-order valence-corrected chi connectivity index (χ2v) is 13.2. The van der Waals surface area contributed by atoms with Gasteiger partial charge < -0.3 is 10.2 Å². The summed E-state index contributed by atoms with van der Waals surface area (Å²) in [5, 5.41) is 2.98. The van der Waals surface area contributed by atoms with Gasteiger partial charge in [0.25, 0.3) is 10.0 Å². The maximum absolute atomic E-state index is 14.0. The highest BCUT2D eigenvalue weighted by molar-refractivity contribution is 9.10. The van der Waals surface area contributed by atoms with Gasteiger partial charge in [0, 0.05) is 16.6 Å². The predicted octanol–water partition coefficient (Wildman–Crippen LogP) is 5.67. The van der Waals surface area contributed by atoms with Gasteiger partial charge in [-0.15, -0.1) is 0 Å². The number of rotatable bonds is 10. The normalized spacial score (nSPS) is 12.5. The van der Waals surface area contributed by atoms with E-state index in [1.54, 1.807) is 42.5 Å². The summed E-state index contributed by atoms with van der Waals surface area (Å²) in [6.45, 7) is 9.15. The highest BCUT2D eigenvalue weighted by Gasteiger charge is 2.34. The first-order valence-electron chi connectivity index (χ1n) is 12.8. The molecule has 3 aromatic rings. The molecule has 3 rings (SSSR count). The van der Waals surface area contributed by atoms with Crippen molar-refractivity contribution < 1.29 is 18.0 Å². The molecule has 0 aliphatic carbocycles. The zero-order chi connectivity index (χ0) is 28.8. The van der Waals surface area contributed by atoms with Gasteiger partial charge in [-0.25, -0.2) is 8.42 Å². The molecule has 1 unspecified atom stereocenters. The lowest BCUT2D eigenvalue weighted by Crippen LogP contribution is -2.55. The molecule has 0 saturated carbocycles. The summed E-state index contributed by atoms with van der Waals surface area (Å²) >= 11 is 3.39. The van der Waals surface area contributed by atoms with E-state index < -0.39 is 34.1 Å². The standard InChI is InChI=1S/C30H36BrN3O4S/c1-6-27(29(36)32-30(3,4)5)33(20-23-14-12-22(2)13-15-23)28(35)21-34(25-18-16-24(31)17-19-25)39(37,38)26-10-8-7-9-11-26/h7-19,27H,6,20-21H2,1-5H3,(H,32,36). The van der Waals surface area contributed by atoms with Crippen molar-refractivity contribution in [3.8, 4) is 0 Å². The Hall–Kier alpha value is -3.17. The molecule has 0 bridgehead atoms. The number of anilines is 1. The number of hydrogen-bond acceptors (Lipinski definition) is 4. The Morgan fingerprint density at radius 2 is 1.51 bits per heavy atom. The third-order valence-electron chi connectivity index (χ3n) is 6.08. The molecule has 0 heterocycles. The molecule has 39 heavy (non-hydrogen) atoms. The first-order valence-corrected chi connectivity index (χ1v) is 15.1. The van der Waals surface area contributed by atoms with Crippen molar-refractivity contribution in [3.05, 3.63) is 94.5 Å². The van der Waals surface area contributed by atoms with Crippen LogP contribution in [0.25, 0.3) is 0 Å². The fraction of sp³-hybridized carbons (Fsp3) is 0.333. The van der Waals surface area contributed by atoms with Gasteiger partial charge in [0.2, 0.25) is 11.8 Å². The van der Waals surface area contributed by atoms with Gasteiger partial charge >= 0.3 is 0 Å². The minimum Gasteiger partial charge on any atom is -0.350 e. The summed E-state index contributed by atoms with van der Waals surface area (Å²) < 4.78 is 29.5. The van der Waals surface area contributed by atoms with Crippen LogP contribution in [0.2, 0.25) is 0 Å². The quantitative estimate of drug-likeness (QED) is 0.319. The minimum atomic E-state index is -4.09. The Balaban J connectivity index is 2.05. The van der Waals surface area contributed by atoms with Crippen molar-refractivity contribution in [3.63, 3.8) is 0 Å². The van der Waals surface area contributed by atoms with E-state index >= 15 is 0 Å². The van der Waals surface area contributed by atoms with Gasteiger partial charge in [0.1, 0.15) is 12.6 Å². The molecule has 208 valence electrons. The second kappa shape index (κ2) is 12.8. The van der Waals surface area contributed by atoms with E-state index in [-0.39, 0.29) is 17.3 Å². The number of hydrogen-bond donors (Lipinski definition) is 1. The lowest BCUT2D eigenvalue weighted by atomic mass is 10.1. The molecule has 0 spiro atoms. The third-order valence-corrected chi connectivity index (χ3v) is 8.40. The van der Waals surface area contributed by atoms with Crippen molar-refractivity contribution in [2.45, 2.75) is 64.1 Å². The van der Waals surface area contributed by atoms with Crippen molar-refractivity contribution in [1.82, 2.24) is 10.2 Å². The third kappa shape index (κ3) is 8.16. The molecule has 2 amide bonds. The van der Waals surface area contributed by atoms with Gasteiger partial charge in [0.05, 0.1) is 10.6 Å². The number of carbonyl (C=O) groups is 2. The lowest BCUT2D eigenvalue weighted by molar-refractivity contribution is -0.141. The van der Waals surface area contributed by atoms with Crippen molar-refractivity contribution in [1.29, 1.82) is 0 Å². The van der Waals surface area contributed by atoms with E-state index in [1.165, 1.54) is 17.0 Å². The minimum absolute atomic E-state index is 0.0725. The number of benzene rings is 3. The summed E-state index contributed by atoms with van der Waals surface area (Å²) in [6.07, 6.45) is 0.364. The second-order valence-electron chi connectivity index (χ2n) is 10.5. The molecule has 0 aliphatic rings. The molecule has 0 saturated heterocycles. The van der Waals surface area contributed by atoms with Gasteiger partial charge in [-0.1, -0.05) is 70.9 Å². The lowest BCUT2D eigenvalue weighted by Gasteiger charge is -2.34. The van der Waals surface area contributed by atoms with Gasteiger partial charge in [-0.05, 0) is 76.1 Å². The van der Waals surface area contributed by atoms with E-state index in [2.05, 4.69) is 21.2 Å². The zero-order valence-corrected chi connectivity index (χ0v) is 25.4. The fourth-order valence-electron chi connectivity index (χ4n) is 4.12. The molecule has 0 aromatic heterocycles. The summed E-state index contributed by atoms with van der Waals surface area (Å²) in [5.41, 5.74) is 1.77. The largest absolute Gasteiger partial charge is 0.350 e. The van der Waals surface area contributed by atoms with Gasteiger partial charge in [-0.2, -0.15) is 0 Å². The van der Waals surface area contributed by atoms with E-state index in [0.717, 1.165) is 19.9 Å². The Morgan fingerprint density at radius 1 is 0.923 bits per heavy atom. The molecule has 9 heteroatoms. The highest BCUT2D eigenvalue weighted by atomic mass is 79.9. The van der Waals surface area contributed by atoms with Crippen LogP contribution >= 0.6 is 15.9 Å². The molecule has 0 aliphatic heterocycles. The fourth-order valence-corrected chi connectivity index (χ4v) is 5.82. The number of nitrogens with zero attached hydrogens (tertiary/aromatic N) is 2. The van der Waals surface area contributed by atoms with Gasteiger partial charge in [-0.3, -0.25) is 13.9 Å². The number of amides is 2. The summed E-state index contributed by atoms with van der Waals surface area (Å²) in [6, 6.07) is 21.7. The number of carbonyl (C=O) groups excluding carboxylic acids is 2. The SMILES string of the molecule is CCC(C(=O)NC(C)(C)C)N(Cc1ccc(C)cc1)C(=O)CN(c1ccc(Br)cc1)S(=O)(=O)c1ccccc1. The topological polar surface area (TPSA) is 86.8 Å². The van der Waals surface area contributed by atoms with Crippen molar-refractivity contribution in [2.75, 3.05) is 10.8 Å². The smallest absolute Gasteiger partial charge is 0.264 e. The van der Waals surface area contributed by atoms with Gasteiger partial charge in [0.15, 0.2) is 0 Å². The monoisotopic (exact) mass is 613 g/mol. The molecule has 7 nitrogen and oxygen atoms in total. The molecule has 1 N–H and O–H groups in total. The first kappa shape index (κ1) is 30.4. The van der Waals surface area contributed by atoms with Crippen LogP contribution in [0, 0.1) is 6.92 Å².